The van der Waals surface area contributed by atoms with E-state index in [0.29, 0.717) is 19.6 Å². The predicted octanol–water partition coefficient (Wildman–Crippen LogP) is -0.613. The van der Waals surface area contributed by atoms with Crippen molar-refractivity contribution < 1.29 is 9.59 Å². The van der Waals surface area contributed by atoms with Crippen molar-refractivity contribution >= 4 is 11.8 Å². The minimum atomic E-state index is -0.350. The first-order valence-corrected chi connectivity index (χ1v) is 5.57. The number of rotatable bonds is 2. The first kappa shape index (κ1) is 10.4. The van der Waals surface area contributed by atoms with Gasteiger partial charge in [-0.25, -0.2) is 0 Å². The van der Waals surface area contributed by atoms with E-state index in [2.05, 4.69) is 5.32 Å². The Balaban J connectivity index is 2.03. The van der Waals surface area contributed by atoms with Crippen molar-refractivity contribution in [3.8, 4) is 0 Å². The van der Waals surface area contributed by atoms with E-state index in [1.807, 2.05) is 6.92 Å². The van der Waals surface area contributed by atoms with Crippen LogP contribution in [0, 0.1) is 0 Å². The van der Waals surface area contributed by atoms with Crippen LogP contribution in [0.3, 0.4) is 0 Å². The van der Waals surface area contributed by atoms with Gasteiger partial charge < -0.3 is 9.80 Å². The molecule has 0 aromatic heterocycles. The predicted molar refractivity (Wildman–Crippen MR) is 55.0 cm³/mol. The summed E-state index contributed by atoms with van der Waals surface area (Å²) in [7, 11) is 0. The van der Waals surface area contributed by atoms with E-state index in [4.69, 9.17) is 0 Å². The number of piperazine rings is 1. The Hall–Kier alpha value is -1.10. The number of nitrogens with zero attached hydrogens (tertiary/aromatic N) is 2. The van der Waals surface area contributed by atoms with Crippen LogP contribution >= 0.6 is 0 Å². The summed E-state index contributed by atoms with van der Waals surface area (Å²) in [6.45, 7) is 4.79. The summed E-state index contributed by atoms with van der Waals surface area (Å²) in [4.78, 5) is 26.7. The first-order valence-electron chi connectivity index (χ1n) is 5.57. The Labute approximate surface area is 89.4 Å². The quantitative estimate of drug-likeness (QED) is 0.620. The second kappa shape index (κ2) is 4.18. The van der Waals surface area contributed by atoms with Crippen LogP contribution in [0.5, 0.6) is 0 Å². The molecule has 0 saturated carbocycles. The third-order valence-electron chi connectivity index (χ3n) is 3.13. The second-order valence-electron chi connectivity index (χ2n) is 4.00. The average molecular weight is 211 g/mol. The lowest BCUT2D eigenvalue weighted by molar-refractivity contribution is -0.157. The van der Waals surface area contributed by atoms with E-state index < -0.39 is 0 Å². The Kier molecular flexibility index (Phi) is 2.90. The van der Waals surface area contributed by atoms with Crippen LogP contribution in [0.4, 0.5) is 0 Å². The van der Waals surface area contributed by atoms with Gasteiger partial charge in [0.2, 0.25) is 0 Å². The molecule has 0 radical (unpaired) electrons. The Morgan fingerprint density at radius 3 is 2.73 bits per heavy atom. The maximum Gasteiger partial charge on any atom is 0.313 e. The van der Waals surface area contributed by atoms with E-state index in [0.717, 1.165) is 19.4 Å². The van der Waals surface area contributed by atoms with Gasteiger partial charge in [0.25, 0.3) is 0 Å². The molecule has 84 valence electrons. The average Bonchev–Trinajstić information content (AvgIpc) is 2.75. The van der Waals surface area contributed by atoms with E-state index >= 15 is 0 Å². The van der Waals surface area contributed by atoms with Crippen LogP contribution in [-0.2, 0) is 9.59 Å². The van der Waals surface area contributed by atoms with Crippen LogP contribution in [0.1, 0.15) is 19.8 Å². The SMILES string of the molecule is CCN1CCN(C2CCCN2)C(=O)C1=O. The molecule has 15 heavy (non-hydrogen) atoms. The fourth-order valence-corrected chi connectivity index (χ4v) is 2.22. The lowest BCUT2D eigenvalue weighted by atomic mass is 10.2. The molecule has 1 unspecified atom stereocenters. The van der Waals surface area contributed by atoms with E-state index in [1.165, 1.54) is 0 Å². The zero-order valence-electron chi connectivity index (χ0n) is 9.03. The van der Waals surface area contributed by atoms with Crippen LogP contribution in [0.25, 0.3) is 0 Å². The number of amides is 2. The number of hydrogen-bond acceptors (Lipinski definition) is 3. The highest BCUT2D eigenvalue weighted by atomic mass is 16.2. The van der Waals surface area contributed by atoms with Gasteiger partial charge in [-0.2, -0.15) is 0 Å². The van der Waals surface area contributed by atoms with Gasteiger partial charge in [-0.05, 0) is 26.3 Å². The Morgan fingerprint density at radius 2 is 2.13 bits per heavy atom. The summed E-state index contributed by atoms with van der Waals surface area (Å²) in [5, 5.41) is 3.24. The fourth-order valence-electron chi connectivity index (χ4n) is 2.22. The molecule has 2 saturated heterocycles. The normalized spacial score (nSPS) is 27.7. The van der Waals surface area contributed by atoms with E-state index in [9.17, 15) is 9.59 Å². The minimum Gasteiger partial charge on any atom is -0.333 e. The summed E-state index contributed by atoms with van der Waals surface area (Å²) in [5.74, 6) is -0.694. The molecule has 1 atom stereocenters. The Morgan fingerprint density at radius 1 is 1.33 bits per heavy atom. The van der Waals surface area contributed by atoms with Gasteiger partial charge in [-0.3, -0.25) is 14.9 Å². The number of hydrogen-bond donors (Lipinski definition) is 1. The summed E-state index contributed by atoms with van der Waals surface area (Å²) < 4.78 is 0. The largest absolute Gasteiger partial charge is 0.333 e. The van der Waals surface area contributed by atoms with Crippen molar-refractivity contribution in [2.75, 3.05) is 26.2 Å². The lowest BCUT2D eigenvalue weighted by Gasteiger charge is -2.36. The van der Waals surface area contributed by atoms with Crippen LogP contribution in [0.15, 0.2) is 0 Å². The fraction of sp³-hybridized carbons (Fsp3) is 0.800. The standard InChI is InChI=1S/C10H17N3O2/c1-2-12-6-7-13(10(15)9(12)14)8-4-3-5-11-8/h8,11H,2-7H2,1H3. The lowest BCUT2D eigenvalue weighted by Crippen LogP contribution is -2.59. The molecule has 5 nitrogen and oxygen atoms in total. The van der Waals surface area contributed by atoms with Crippen molar-refractivity contribution in [1.29, 1.82) is 0 Å². The van der Waals surface area contributed by atoms with Gasteiger partial charge in [0.15, 0.2) is 0 Å². The molecule has 2 amide bonds. The van der Waals surface area contributed by atoms with Crippen molar-refractivity contribution in [3.05, 3.63) is 0 Å². The minimum absolute atomic E-state index is 0.0838. The van der Waals surface area contributed by atoms with Gasteiger partial charge in [-0.15, -0.1) is 0 Å². The molecule has 2 aliphatic heterocycles. The molecule has 1 N–H and O–H groups in total. The van der Waals surface area contributed by atoms with Crippen LogP contribution in [0.2, 0.25) is 0 Å². The number of nitrogens with one attached hydrogen (secondary N) is 1. The van der Waals surface area contributed by atoms with Gasteiger partial charge in [0.1, 0.15) is 0 Å². The number of likely N-dealkylation sites (N-methyl/N-ethyl adjacent to an activating group) is 1. The van der Waals surface area contributed by atoms with Gasteiger partial charge >= 0.3 is 11.8 Å². The molecule has 0 bridgehead atoms. The van der Waals surface area contributed by atoms with Crippen molar-refractivity contribution in [1.82, 2.24) is 15.1 Å². The van der Waals surface area contributed by atoms with Crippen molar-refractivity contribution in [2.45, 2.75) is 25.9 Å². The zero-order chi connectivity index (χ0) is 10.8. The molecular weight excluding hydrogens is 194 g/mol. The molecule has 5 heteroatoms. The monoisotopic (exact) mass is 211 g/mol. The third kappa shape index (κ3) is 1.84. The second-order valence-corrected chi connectivity index (χ2v) is 4.00. The van der Waals surface area contributed by atoms with Crippen LogP contribution in [-0.4, -0.2) is 54.0 Å². The van der Waals surface area contributed by atoms with Crippen molar-refractivity contribution in [3.63, 3.8) is 0 Å². The number of carbonyl (C=O) groups excluding carboxylic acids is 2. The highest BCUT2D eigenvalue weighted by Gasteiger charge is 2.36. The molecule has 0 aliphatic carbocycles. The first-order chi connectivity index (χ1) is 7.24. The third-order valence-corrected chi connectivity index (χ3v) is 3.13. The zero-order valence-corrected chi connectivity index (χ0v) is 9.03. The molecule has 2 heterocycles. The summed E-state index contributed by atoms with van der Waals surface area (Å²) in [6.07, 6.45) is 2.13. The molecular formula is C10H17N3O2. The summed E-state index contributed by atoms with van der Waals surface area (Å²) >= 11 is 0. The van der Waals surface area contributed by atoms with Crippen LogP contribution < -0.4 is 5.32 Å². The molecule has 0 aromatic carbocycles. The van der Waals surface area contributed by atoms with Gasteiger partial charge in [-0.1, -0.05) is 0 Å². The highest BCUT2D eigenvalue weighted by Crippen LogP contribution is 2.14. The molecule has 0 spiro atoms. The molecule has 2 aliphatic rings. The summed E-state index contributed by atoms with van der Waals surface area (Å²) in [5.41, 5.74) is 0. The molecule has 2 rings (SSSR count). The molecule has 0 aromatic rings. The van der Waals surface area contributed by atoms with E-state index in [1.54, 1.807) is 9.80 Å². The van der Waals surface area contributed by atoms with Gasteiger partial charge in [0.05, 0.1) is 6.17 Å². The maximum absolute atomic E-state index is 11.8. The van der Waals surface area contributed by atoms with Gasteiger partial charge in [0, 0.05) is 19.6 Å². The number of carbonyl (C=O) groups is 2. The van der Waals surface area contributed by atoms with Crippen molar-refractivity contribution in [2.24, 2.45) is 0 Å². The summed E-state index contributed by atoms with van der Waals surface area (Å²) in [6, 6.07) is 0. The smallest absolute Gasteiger partial charge is 0.313 e. The highest BCUT2D eigenvalue weighted by molar-refractivity contribution is 6.35. The van der Waals surface area contributed by atoms with E-state index in [-0.39, 0.29) is 18.0 Å². The topological polar surface area (TPSA) is 52.6 Å². The molecule has 2 fully saturated rings. The maximum atomic E-state index is 11.8. The Bertz CT molecular complexity index is 274.